The van der Waals surface area contributed by atoms with Gasteiger partial charge in [-0.1, -0.05) is 31.2 Å². The molecule has 1 aromatic rings. The Morgan fingerprint density at radius 2 is 1.94 bits per heavy atom. The fraction of sp³-hybridized carbons (Fsp3) is 0.571. The number of hydrogen-bond donors (Lipinski definition) is 2. The van der Waals surface area contributed by atoms with Gasteiger partial charge in [-0.3, -0.25) is 0 Å². The van der Waals surface area contributed by atoms with Crippen molar-refractivity contribution in [2.75, 3.05) is 13.2 Å². The molecule has 1 aromatic carbocycles. The molecule has 2 heteroatoms. The summed E-state index contributed by atoms with van der Waals surface area (Å²) < 4.78 is 0. The summed E-state index contributed by atoms with van der Waals surface area (Å²) in [4.78, 5) is 0. The van der Waals surface area contributed by atoms with Crippen molar-refractivity contribution in [1.82, 2.24) is 0 Å². The molecule has 3 N–H and O–H groups in total. The highest BCUT2D eigenvalue weighted by Gasteiger charge is 2.26. The third kappa shape index (κ3) is 2.28. The van der Waals surface area contributed by atoms with E-state index in [9.17, 15) is 0 Å². The number of nitrogens with two attached hydrogens (primary N) is 1. The fourth-order valence-electron chi connectivity index (χ4n) is 2.19. The van der Waals surface area contributed by atoms with Gasteiger partial charge < -0.3 is 10.8 Å². The molecule has 88 valence electrons. The monoisotopic (exact) mass is 219 g/mol. The summed E-state index contributed by atoms with van der Waals surface area (Å²) in [5.41, 5.74) is 8.43. The first-order valence-corrected chi connectivity index (χ1v) is 6.11. The summed E-state index contributed by atoms with van der Waals surface area (Å²) >= 11 is 0. The molecule has 0 aliphatic heterocycles. The van der Waals surface area contributed by atoms with Crippen molar-refractivity contribution in [3.8, 4) is 0 Å². The highest BCUT2D eigenvalue weighted by Crippen LogP contribution is 2.40. The SMILES string of the molecule is CC(CN)(CCO)c1ccc(C2CC2)cc1. The zero-order valence-electron chi connectivity index (χ0n) is 9.95. The molecule has 0 bridgehead atoms. The van der Waals surface area contributed by atoms with Crippen molar-refractivity contribution < 1.29 is 5.11 Å². The molecule has 0 amide bonds. The standard InChI is InChI=1S/C14H21NO/c1-14(10-15,8-9-16)13-6-4-12(5-7-13)11-2-3-11/h4-7,11,16H,2-3,8-10,15H2,1H3. The summed E-state index contributed by atoms with van der Waals surface area (Å²) in [5.74, 6) is 0.802. The molecule has 16 heavy (non-hydrogen) atoms. The Hall–Kier alpha value is -0.860. The second-order valence-corrected chi connectivity index (χ2v) is 5.13. The maximum Gasteiger partial charge on any atom is 0.0439 e. The van der Waals surface area contributed by atoms with Gasteiger partial charge in [0.05, 0.1) is 0 Å². The molecular weight excluding hydrogens is 198 g/mol. The highest BCUT2D eigenvalue weighted by atomic mass is 16.3. The van der Waals surface area contributed by atoms with Gasteiger partial charge in [0.15, 0.2) is 0 Å². The zero-order valence-corrected chi connectivity index (χ0v) is 9.95. The first-order valence-electron chi connectivity index (χ1n) is 6.11. The van der Waals surface area contributed by atoms with E-state index in [0.29, 0.717) is 6.54 Å². The van der Waals surface area contributed by atoms with Crippen LogP contribution in [0.15, 0.2) is 24.3 Å². The molecule has 1 aliphatic carbocycles. The molecule has 0 spiro atoms. The quantitative estimate of drug-likeness (QED) is 0.797. The van der Waals surface area contributed by atoms with Crippen molar-refractivity contribution in [2.24, 2.45) is 5.73 Å². The minimum absolute atomic E-state index is 0.0865. The molecule has 2 rings (SSSR count). The Bertz CT molecular complexity index is 342. The lowest BCUT2D eigenvalue weighted by Crippen LogP contribution is -2.32. The number of hydrogen-bond acceptors (Lipinski definition) is 2. The summed E-state index contributed by atoms with van der Waals surface area (Å²) in [6, 6.07) is 8.79. The van der Waals surface area contributed by atoms with Gasteiger partial charge in [-0.2, -0.15) is 0 Å². The molecule has 1 saturated carbocycles. The van der Waals surface area contributed by atoms with E-state index in [1.165, 1.54) is 24.0 Å². The average molecular weight is 219 g/mol. The molecule has 0 radical (unpaired) electrons. The first-order chi connectivity index (χ1) is 7.69. The van der Waals surface area contributed by atoms with E-state index in [0.717, 1.165) is 12.3 Å². The third-order valence-electron chi connectivity index (χ3n) is 3.77. The molecule has 1 atom stereocenters. The second kappa shape index (κ2) is 4.56. The van der Waals surface area contributed by atoms with Crippen molar-refractivity contribution in [3.63, 3.8) is 0 Å². The average Bonchev–Trinajstić information content (AvgIpc) is 3.13. The van der Waals surface area contributed by atoms with Gasteiger partial charge in [-0.25, -0.2) is 0 Å². The van der Waals surface area contributed by atoms with E-state index in [-0.39, 0.29) is 12.0 Å². The Morgan fingerprint density at radius 1 is 1.31 bits per heavy atom. The lowest BCUT2D eigenvalue weighted by Gasteiger charge is -2.28. The van der Waals surface area contributed by atoms with Crippen LogP contribution in [0.25, 0.3) is 0 Å². The first kappa shape index (κ1) is 11.6. The molecule has 2 nitrogen and oxygen atoms in total. The molecule has 0 aromatic heterocycles. The van der Waals surface area contributed by atoms with Crippen LogP contribution in [0.1, 0.15) is 43.2 Å². The van der Waals surface area contributed by atoms with Crippen LogP contribution in [0, 0.1) is 0 Å². The van der Waals surface area contributed by atoms with Crippen LogP contribution in [0.5, 0.6) is 0 Å². The Kier molecular flexibility index (Phi) is 3.31. The van der Waals surface area contributed by atoms with E-state index >= 15 is 0 Å². The molecule has 1 aliphatic rings. The highest BCUT2D eigenvalue weighted by molar-refractivity contribution is 5.32. The summed E-state index contributed by atoms with van der Waals surface area (Å²) in [6.45, 7) is 2.89. The van der Waals surface area contributed by atoms with Crippen LogP contribution in [0.4, 0.5) is 0 Å². The van der Waals surface area contributed by atoms with E-state index in [1.54, 1.807) is 0 Å². The van der Waals surface area contributed by atoms with Gasteiger partial charge in [0.25, 0.3) is 0 Å². The molecule has 0 saturated heterocycles. The Labute approximate surface area is 97.5 Å². The zero-order chi connectivity index (χ0) is 11.6. The summed E-state index contributed by atoms with van der Waals surface area (Å²) in [7, 11) is 0. The van der Waals surface area contributed by atoms with Crippen molar-refractivity contribution in [3.05, 3.63) is 35.4 Å². The third-order valence-corrected chi connectivity index (χ3v) is 3.77. The van der Waals surface area contributed by atoms with Crippen LogP contribution in [0.2, 0.25) is 0 Å². The van der Waals surface area contributed by atoms with Gasteiger partial charge in [-0.05, 0) is 36.3 Å². The Balaban J connectivity index is 2.17. The van der Waals surface area contributed by atoms with Crippen LogP contribution in [0.3, 0.4) is 0 Å². The number of benzene rings is 1. The minimum atomic E-state index is -0.0865. The van der Waals surface area contributed by atoms with Crippen molar-refractivity contribution >= 4 is 0 Å². The van der Waals surface area contributed by atoms with E-state index < -0.39 is 0 Å². The topological polar surface area (TPSA) is 46.2 Å². The molecular formula is C14H21NO. The van der Waals surface area contributed by atoms with Gasteiger partial charge in [0, 0.05) is 18.6 Å². The number of aliphatic hydroxyl groups is 1. The summed E-state index contributed by atoms with van der Waals surface area (Å²) in [6.07, 6.45) is 3.40. The van der Waals surface area contributed by atoms with Crippen molar-refractivity contribution in [1.29, 1.82) is 0 Å². The van der Waals surface area contributed by atoms with Gasteiger partial charge in [-0.15, -0.1) is 0 Å². The minimum Gasteiger partial charge on any atom is -0.396 e. The Morgan fingerprint density at radius 3 is 2.38 bits per heavy atom. The van der Waals surface area contributed by atoms with Crippen LogP contribution in [-0.4, -0.2) is 18.3 Å². The molecule has 0 heterocycles. The predicted molar refractivity (Wildman–Crippen MR) is 66.5 cm³/mol. The second-order valence-electron chi connectivity index (χ2n) is 5.13. The molecule has 1 fully saturated rings. The smallest absolute Gasteiger partial charge is 0.0439 e. The lowest BCUT2D eigenvalue weighted by molar-refractivity contribution is 0.247. The van der Waals surface area contributed by atoms with Gasteiger partial charge in [0.2, 0.25) is 0 Å². The number of aliphatic hydroxyl groups excluding tert-OH is 1. The van der Waals surface area contributed by atoms with Crippen LogP contribution < -0.4 is 5.73 Å². The van der Waals surface area contributed by atoms with Crippen LogP contribution >= 0.6 is 0 Å². The maximum atomic E-state index is 9.09. The van der Waals surface area contributed by atoms with E-state index in [1.807, 2.05) is 0 Å². The number of rotatable bonds is 5. The van der Waals surface area contributed by atoms with Crippen LogP contribution in [-0.2, 0) is 5.41 Å². The normalized spacial score (nSPS) is 19.4. The van der Waals surface area contributed by atoms with Crippen molar-refractivity contribution in [2.45, 2.75) is 37.5 Å². The molecule has 1 unspecified atom stereocenters. The predicted octanol–water partition coefficient (Wildman–Crippen LogP) is 2.16. The van der Waals surface area contributed by atoms with E-state index in [2.05, 4.69) is 31.2 Å². The van der Waals surface area contributed by atoms with Gasteiger partial charge >= 0.3 is 0 Å². The van der Waals surface area contributed by atoms with Gasteiger partial charge in [0.1, 0.15) is 0 Å². The maximum absolute atomic E-state index is 9.09. The lowest BCUT2D eigenvalue weighted by atomic mass is 9.79. The largest absolute Gasteiger partial charge is 0.396 e. The fourth-order valence-corrected chi connectivity index (χ4v) is 2.19. The summed E-state index contributed by atoms with van der Waals surface area (Å²) in [5, 5.41) is 9.09. The van der Waals surface area contributed by atoms with E-state index in [4.69, 9.17) is 10.8 Å².